The quantitative estimate of drug-likeness (QED) is 0.902. The summed E-state index contributed by atoms with van der Waals surface area (Å²) in [5.41, 5.74) is 2.73. The van der Waals surface area contributed by atoms with Gasteiger partial charge in [0.25, 0.3) is 0 Å². The second-order valence-electron chi connectivity index (χ2n) is 4.61. The zero-order valence-corrected chi connectivity index (χ0v) is 13.3. The van der Waals surface area contributed by atoms with Crippen LogP contribution in [0, 0.1) is 12.7 Å². The van der Waals surface area contributed by atoms with E-state index in [2.05, 4.69) is 21.2 Å². The highest BCUT2D eigenvalue weighted by Crippen LogP contribution is 2.30. The summed E-state index contributed by atoms with van der Waals surface area (Å²) in [6, 6.07) is 10.8. The van der Waals surface area contributed by atoms with Gasteiger partial charge in [0.1, 0.15) is 11.6 Å². The van der Waals surface area contributed by atoms with E-state index in [1.54, 1.807) is 13.2 Å². The first kappa shape index (κ1) is 15.0. The normalized spacial score (nSPS) is 12.2. The summed E-state index contributed by atoms with van der Waals surface area (Å²) in [5, 5.41) is 3.18. The van der Waals surface area contributed by atoms with Gasteiger partial charge in [-0.1, -0.05) is 28.1 Å². The smallest absolute Gasteiger partial charge is 0.129 e. The first-order chi connectivity index (χ1) is 9.56. The molecule has 106 valence electrons. The van der Waals surface area contributed by atoms with Crippen molar-refractivity contribution in [2.45, 2.75) is 13.0 Å². The van der Waals surface area contributed by atoms with Gasteiger partial charge >= 0.3 is 0 Å². The average Bonchev–Trinajstić information content (AvgIpc) is 2.43. The molecule has 0 aliphatic heterocycles. The van der Waals surface area contributed by atoms with Gasteiger partial charge in [-0.05, 0) is 49.4 Å². The van der Waals surface area contributed by atoms with Crippen molar-refractivity contribution in [3.8, 4) is 5.75 Å². The molecule has 2 aromatic rings. The minimum atomic E-state index is -0.228. The van der Waals surface area contributed by atoms with E-state index < -0.39 is 0 Å². The van der Waals surface area contributed by atoms with Crippen LogP contribution in [0.1, 0.15) is 22.7 Å². The number of aryl methyl sites for hydroxylation is 1. The number of hydrogen-bond donors (Lipinski definition) is 1. The van der Waals surface area contributed by atoms with Gasteiger partial charge in [-0.25, -0.2) is 4.39 Å². The molecule has 0 aromatic heterocycles. The van der Waals surface area contributed by atoms with Gasteiger partial charge in [0, 0.05) is 10.0 Å². The average molecular weight is 338 g/mol. The summed E-state index contributed by atoms with van der Waals surface area (Å²) in [5.74, 6) is 0.575. The molecule has 0 aliphatic carbocycles. The lowest BCUT2D eigenvalue weighted by Crippen LogP contribution is -2.20. The number of rotatable bonds is 4. The van der Waals surface area contributed by atoms with Gasteiger partial charge in [0.2, 0.25) is 0 Å². The third kappa shape index (κ3) is 3.02. The Morgan fingerprint density at radius 3 is 2.40 bits per heavy atom. The molecular formula is C16H17BrFNO. The zero-order chi connectivity index (χ0) is 14.7. The molecular weight excluding hydrogens is 321 g/mol. The third-order valence-electron chi connectivity index (χ3n) is 3.35. The minimum Gasteiger partial charge on any atom is -0.497 e. The van der Waals surface area contributed by atoms with Crippen molar-refractivity contribution >= 4 is 15.9 Å². The zero-order valence-electron chi connectivity index (χ0n) is 11.7. The van der Waals surface area contributed by atoms with Gasteiger partial charge in [0.05, 0.1) is 13.2 Å². The Morgan fingerprint density at radius 1 is 1.15 bits per heavy atom. The van der Waals surface area contributed by atoms with Crippen LogP contribution in [0.5, 0.6) is 5.75 Å². The highest BCUT2D eigenvalue weighted by atomic mass is 79.9. The monoisotopic (exact) mass is 337 g/mol. The maximum Gasteiger partial charge on any atom is 0.129 e. The standard InChI is InChI=1S/C16H17BrFNO/c1-10-8-12(20-3)5-7-13(10)16(19-2)14-6-4-11(17)9-15(14)18/h4-9,16,19H,1-3H3. The number of hydrogen-bond acceptors (Lipinski definition) is 2. The van der Waals surface area contributed by atoms with E-state index in [1.807, 2.05) is 38.2 Å². The van der Waals surface area contributed by atoms with E-state index in [4.69, 9.17) is 4.74 Å². The molecule has 0 heterocycles. The Hall–Kier alpha value is -1.39. The molecule has 1 unspecified atom stereocenters. The number of ether oxygens (including phenoxy) is 1. The van der Waals surface area contributed by atoms with E-state index >= 15 is 0 Å². The molecule has 0 fully saturated rings. The Bertz CT molecular complexity index is 615. The summed E-state index contributed by atoms with van der Waals surface area (Å²) in [4.78, 5) is 0. The molecule has 1 atom stereocenters. The Kier molecular flexibility index (Phi) is 4.78. The van der Waals surface area contributed by atoms with E-state index in [0.717, 1.165) is 21.3 Å². The van der Waals surface area contributed by atoms with E-state index in [1.165, 1.54) is 6.07 Å². The predicted molar refractivity (Wildman–Crippen MR) is 82.7 cm³/mol. The molecule has 0 saturated carbocycles. The third-order valence-corrected chi connectivity index (χ3v) is 3.84. The number of methoxy groups -OCH3 is 1. The van der Waals surface area contributed by atoms with Crippen LogP contribution in [0.15, 0.2) is 40.9 Å². The van der Waals surface area contributed by atoms with Crippen LogP contribution in [0.25, 0.3) is 0 Å². The van der Waals surface area contributed by atoms with Crippen molar-refractivity contribution < 1.29 is 9.13 Å². The van der Waals surface area contributed by atoms with Crippen molar-refractivity contribution in [3.63, 3.8) is 0 Å². The van der Waals surface area contributed by atoms with Gasteiger partial charge in [-0.2, -0.15) is 0 Å². The highest BCUT2D eigenvalue weighted by Gasteiger charge is 2.18. The lowest BCUT2D eigenvalue weighted by atomic mass is 9.94. The van der Waals surface area contributed by atoms with Crippen LogP contribution in [-0.2, 0) is 0 Å². The second-order valence-corrected chi connectivity index (χ2v) is 5.53. The van der Waals surface area contributed by atoms with Crippen LogP contribution in [0.4, 0.5) is 4.39 Å². The summed E-state index contributed by atoms with van der Waals surface area (Å²) < 4.78 is 20.1. The maximum absolute atomic E-state index is 14.2. The Morgan fingerprint density at radius 2 is 1.85 bits per heavy atom. The predicted octanol–water partition coefficient (Wildman–Crippen LogP) is 4.21. The van der Waals surface area contributed by atoms with E-state index in [9.17, 15) is 4.39 Å². The fourth-order valence-corrected chi connectivity index (χ4v) is 2.65. The first-order valence-electron chi connectivity index (χ1n) is 6.33. The largest absolute Gasteiger partial charge is 0.497 e. The molecule has 0 amide bonds. The van der Waals surface area contributed by atoms with Gasteiger partial charge in [-0.3, -0.25) is 0 Å². The molecule has 0 saturated heterocycles. The fourth-order valence-electron chi connectivity index (χ4n) is 2.31. The van der Waals surface area contributed by atoms with Gasteiger partial charge in [0.15, 0.2) is 0 Å². The molecule has 2 rings (SSSR count). The van der Waals surface area contributed by atoms with Gasteiger partial charge in [-0.15, -0.1) is 0 Å². The molecule has 0 radical (unpaired) electrons. The lowest BCUT2D eigenvalue weighted by Gasteiger charge is -2.20. The Balaban J connectivity index is 2.47. The molecule has 0 aliphatic rings. The topological polar surface area (TPSA) is 21.3 Å². The summed E-state index contributed by atoms with van der Waals surface area (Å²) in [6.07, 6.45) is 0. The van der Waals surface area contributed by atoms with Gasteiger partial charge < -0.3 is 10.1 Å². The first-order valence-corrected chi connectivity index (χ1v) is 7.13. The number of nitrogens with one attached hydrogen (secondary N) is 1. The maximum atomic E-state index is 14.2. The summed E-state index contributed by atoms with van der Waals surface area (Å²) in [6.45, 7) is 2.00. The fraction of sp³-hybridized carbons (Fsp3) is 0.250. The number of benzene rings is 2. The van der Waals surface area contributed by atoms with Crippen molar-refractivity contribution in [3.05, 3.63) is 63.4 Å². The van der Waals surface area contributed by atoms with Crippen LogP contribution in [0.2, 0.25) is 0 Å². The Labute approximate surface area is 127 Å². The van der Waals surface area contributed by atoms with Crippen LogP contribution < -0.4 is 10.1 Å². The molecule has 1 N–H and O–H groups in total. The number of halogens is 2. The summed E-state index contributed by atoms with van der Waals surface area (Å²) >= 11 is 3.28. The minimum absolute atomic E-state index is 0.186. The van der Waals surface area contributed by atoms with Crippen molar-refractivity contribution in [1.82, 2.24) is 5.32 Å². The lowest BCUT2D eigenvalue weighted by molar-refractivity contribution is 0.414. The van der Waals surface area contributed by atoms with Crippen LogP contribution in [0.3, 0.4) is 0 Å². The molecule has 0 bridgehead atoms. The van der Waals surface area contributed by atoms with Crippen molar-refractivity contribution in [2.24, 2.45) is 0 Å². The second kappa shape index (κ2) is 6.37. The molecule has 0 spiro atoms. The molecule has 4 heteroatoms. The van der Waals surface area contributed by atoms with E-state index in [-0.39, 0.29) is 11.9 Å². The molecule has 2 aromatic carbocycles. The van der Waals surface area contributed by atoms with Crippen LogP contribution in [-0.4, -0.2) is 14.2 Å². The van der Waals surface area contributed by atoms with Crippen molar-refractivity contribution in [1.29, 1.82) is 0 Å². The molecule has 20 heavy (non-hydrogen) atoms. The molecule has 2 nitrogen and oxygen atoms in total. The van der Waals surface area contributed by atoms with E-state index in [0.29, 0.717) is 5.56 Å². The summed E-state index contributed by atoms with van der Waals surface area (Å²) in [7, 11) is 3.47. The highest BCUT2D eigenvalue weighted by molar-refractivity contribution is 9.10. The SMILES string of the molecule is CNC(c1ccc(OC)cc1C)c1ccc(Br)cc1F. The van der Waals surface area contributed by atoms with Crippen molar-refractivity contribution in [2.75, 3.05) is 14.2 Å². The van der Waals surface area contributed by atoms with Crippen LogP contribution >= 0.6 is 15.9 Å².